The van der Waals surface area contributed by atoms with Crippen LogP contribution in [0.1, 0.15) is 47.0 Å². The minimum absolute atomic E-state index is 0.714. The molecule has 1 aliphatic heterocycles. The average molecular weight is 212 g/mol. The first-order chi connectivity index (χ1) is 7.19. The van der Waals surface area contributed by atoms with E-state index < -0.39 is 0 Å². The maximum absolute atomic E-state index is 2.70. The topological polar surface area (TPSA) is 6.48 Å². The Kier molecular flexibility index (Phi) is 5.62. The second-order valence-corrected chi connectivity index (χ2v) is 4.99. The lowest BCUT2D eigenvalue weighted by molar-refractivity contribution is 0.179. The Morgan fingerprint density at radius 1 is 0.867 bits per heavy atom. The number of rotatable bonds is 4. The SMILES string of the molecule is CCC(CC)N1CCCN(C(C)C)CC1. The largest absolute Gasteiger partial charge is 0.300 e. The van der Waals surface area contributed by atoms with E-state index in [1.165, 1.54) is 45.4 Å². The molecule has 1 heterocycles. The molecule has 0 aromatic heterocycles. The summed E-state index contributed by atoms with van der Waals surface area (Å²) in [6, 6.07) is 1.53. The van der Waals surface area contributed by atoms with Gasteiger partial charge in [-0.1, -0.05) is 13.8 Å². The highest BCUT2D eigenvalue weighted by Gasteiger charge is 2.20. The fraction of sp³-hybridized carbons (Fsp3) is 1.00. The van der Waals surface area contributed by atoms with Gasteiger partial charge in [0.1, 0.15) is 0 Å². The molecule has 2 heteroatoms. The van der Waals surface area contributed by atoms with E-state index in [1.54, 1.807) is 0 Å². The lowest BCUT2D eigenvalue weighted by Gasteiger charge is -2.29. The van der Waals surface area contributed by atoms with Crippen LogP contribution in [0.3, 0.4) is 0 Å². The zero-order chi connectivity index (χ0) is 11.3. The summed E-state index contributed by atoms with van der Waals surface area (Å²) < 4.78 is 0. The third-order valence-corrected chi connectivity index (χ3v) is 3.75. The fourth-order valence-electron chi connectivity index (χ4n) is 2.64. The van der Waals surface area contributed by atoms with E-state index >= 15 is 0 Å². The van der Waals surface area contributed by atoms with Crippen LogP contribution in [-0.2, 0) is 0 Å². The Morgan fingerprint density at radius 2 is 1.40 bits per heavy atom. The van der Waals surface area contributed by atoms with E-state index in [4.69, 9.17) is 0 Å². The van der Waals surface area contributed by atoms with E-state index in [0.717, 1.165) is 6.04 Å². The second-order valence-electron chi connectivity index (χ2n) is 4.99. The van der Waals surface area contributed by atoms with Gasteiger partial charge in [0.25, 0.3) is 0 Å². The summed E-state index contributed by atoms with van der Waals surface area (Å²) in [6.07, 6.45) is 3.95. The first-order valence-corrected chi connectivity index (χ1v) is 6.67. The molecule has 1 aliphatic rings. The minimum atomic E-state index is 0.714. The van der Waals surface area contributed by atoms with E-state index in [9.17, 15) is 0 Å². The van der Waals surface area contributed by atoms with Crippen LogP contribution in [0, 0.1) is 0 Å². The Balaban J connectivity index is 2.44. The monoisotopic (exact) mass is 212 g/mol. The van der Waals surface area contributed by atoms with Crippen LogP contribution in [0.25, 0.3) is 0 Å². The van der Waals surface area contributed by atoms with Crippen LogP contribution in [0.15, 0.2) is 0 Å². The lowest BCUT2D eigenvalue weighted by Crippen LogP contribution is -2.39. The van der Waals surface area contributed by atoms with E-state index in [-0.39, 0.29) is 0 Å². The molecule has 0 aliphatic carbocycles. The highest BCUT2D eigenvalue weighted by Crippen LogP contribution is 2.13. The minimum Gasteiger partial charge on any atom is -0.300 e. The molecule has 0 radical (unpaired) electrons. The Labute approximate surface area is 95.6 Å². The standard InChI is InChI=1S/C13H28N2/c1-5-13(6-2)15-9-7-8-14(10-11-15)12(3)4/h12-13H,5-11H2,1-4H3. The molecule has 0 N–H and O–H groups in total. The van der Waals surface area contributed by atoms with Crippen molar-refractivity contribution in [2.24, 2.45) is 0 Å². The predicted molar refractivity (Wildman–Crippen MR) is 67.3 cm³/mol. The summed E-state index contributed by atoms with van der Waals surface area (Å²) in [6.45, 7) is 14.4. The van der Waals surface area contributed by atoms with Gasteiger partial charge in [-0.3, -0.25) is 9.80 Å². The van der Waals surface area contributed by atoms with Gasteiger partial charge in [0, 0.05) is 25.2 Å². The molecule has 2 nitrogen and oxygen atoms in total. The third kappa shape index (κ3) is 3.76. The molecule has 0 unspecified atom stereocenters. The molecule has 1 saturated heterocycles. The van der Waals surface area contributed by atoms with Crippen molar-refractivity contribution < 1.29 is 0 Å². The van der Waals surface area contributed by atoms with Gasteiger partial charge in [0.2, 0.25) is 0 Å². The summed E-state index contributed by atoms with van der Waals surface area (Å²) in [5, 5.41) is 0. The van der Waals surface area contributed by atoms with Crippen molar-refractivity contribution in [2.75, 3.05) is 26.2 Å². The average Bonchev–Trinajstić information content (AvgIpc) is 2.45. The van der Waals surface area contributed by atoms with Gasteiger partial charge in [0.15, 0.2) is 0 Å². The Bertz CT molecular complexity index is 164. The van der Waals surface area contributed by atoms with Crippen LogP contribution in [-0.4, -0.2) is 48.1 Å². The zero-order valence-electron chi connectivity index (χ0n) is 11.0. The molecule has 1 rings (SSSR count). The normalized spacial score (nSPS) is 21.2. The molecular weight excluding hydrogens is 184 g/mol. The van der Waals surface area contributed by atoms with Crippen LogP contribution >= 0.6 is 0 Å². The van der Waals surface area contributed by atoms with Crippen molar-refractivity contribution in [3.63, 3.8) is 0 Å². The van der Waals surface area contributed by atoms with Gasteiger partial charge >= 0.3 is 0 Å². The van der Waals surface area contributed by atoms with Crippen molar-refractivity contribution in [3.05, 3.63) is 0 Å². The summed E-state index contributed by atoms with van der Waals surface area (Å²) in [5.74, 6) is 0. The van der Waals surface area contributed by atoms with Gasteiger partial charge in [-0.25, -0.2) is 0 Å². The molecule has 0 amide bonds. The maximum Gasteiger partial charge on any atom is 0.0112 e. The van der Waals surface area contributed by atoms with Crippen LogP contribution in [0.4, 0.5) is 0 Å². The van der Waals surface area contributed by atoms with Gasteiger partial charge < -0.3 is 0 Å². The van der Waals surface area contributed by atoms with Crippen molar-refractivity contribution >= 4 is 0 Å². The zero-order valence-corrected chi connectivity index (χ0v) is 11.0. The van der Waals surface area contributed by atoms with Gasteiger partial charge in [0.05, 0.1) is 0 Å². The predicted octanol–water partition coefficient (Wildman–Crippen LogP) is 2.59. The van der Waals surface area contributed by atoms with Crippen molar-refractivity contribution in [1.82, 2.24) is 9.80 Å². The molecule has 0 saturated carbocycles. The summed E-state index contributed by atoms with van der Waals surface area (Å²) in [4.78, 5) is 5.31. The molecule has 0 bridgehead atoms. The maximum atomic E-state index is 2.70. The summed E-state index contributed by atoms with van der Waals surface area (Å²) in [5.41, 5.74) is 0. The molecule has 1 fully saturated rings. The summed E-state index contributed by atoms with van der Waals surface area (Å²) in [7, 11) is 0. The van der Waals surface area contributed by atoms with Crippen LogP contribution in [0.5, 0.6) is 0 Å². The molecule has 0 spiro atoms. The van der Waals surface area contributed by atoms with Crippen LogP contribution < -0.4 is 0 Å². The fourth-order valence-corrected chi connectivity index (χ4v) is 2.64. The second kappa shape index (κ2) is 6.49. The van der Waals surface area contributed by atoms with Crippen LogP contribution in [0.2, 0.25) is 0 Å². The summed E-state index contributed by atoms with van der Waals surface area (Å²) >= 11 is 0. The quantitative estimate of drug-likeness (QED) is 0.707. The first-order valence-electron chi connectivity index (χ1n) is 6.67. The third-order valence-electron chi connectivity index (χ3n) is 3.75. The van der Waals surface area contributed by atoms with Gasteiger partial charge in [-0.2, -0.15) is 0 Å². The van der Waals surface area contributed by atoms with Crippen molar-refractivity contribution in [2.45, 2.75) is 59.0 Å². The Morgan fingerprint density at radius 3 is 1.93 bits per heavy atom. The van der Waals surface area contributed by atoms with Gasteiger partial charge in [-0.05, 0) is 46.2 Å². The Hall–Kier alpha value is -0.0800. The smallest absolute Gasteiger partial charge is 0.0112 e. The number of hydrogen-bond donors (Lipinski definition) is 0. The highest BCUT2D eigenvalue weighted by molar-refractivity contribution is 4.76. The lowest BCUT2D eigenvalue weighted by atomic mass is 10.1. The molecule has 0 atom stereocenters. The van der Waals surface area contributed by atoms with E-state index in [1.807, 2.05) is 0 Å². The number of nitrogens with zero attached hydrogens (tertiary/aromatic N) is 2. The molecule has 15 heavy (non-hydrogen) atoms. The highest BCUT2D eigenvalue weighted by atomic mass is 15.2. The van der Waals surface area contributed by atoms with Gasteiger partial charge in [-0.15, -0.1) is 0 Å². The van der Waals surface area contributed by atoms with Crippen molar-refractivity contribution in [1.29, 1.82) is 0 Å². The number of hydrogen-bond acceptors (Lipinski definition) is 2. The molecule has 90 valence electrons. The van der Waals surface area contributed by atoms with Crippen molar-refractivity contribution in [3.8, 4) is 0 Å². The van der Waals surface area contributed by atoms with E-state index in [0.29, 0.717) is 6.04 Å². The molecular formula is C13H28N2. The molecule has 0 aromatic carbocycles. The van der Waals surface area contributed by atoms with E-state index in [2.05, 4.69) is 37.5 Å². The first kappa shape index (κ1) is 13.0. The molecule has 0 aromatic rings.